The van der Waals surface area contributed by atoms with Crippen molar-refractivity contribution < 1.29 is 13.6 Å². The Morgan fingerprint density at radius 1 is 0.933 bits per heavy atom. The molecule has 15 heavy (non-hydrogen) atoms. The molecule has 4 heteroatoms. The van der Waals surface area contributed by atoms with E-state index in [1.807, 2.05) is 13.8 Å². The van der Waals surface area contributed by atoms with E-state index in [2.05, 4.69) is 13.5 Å². The van der Waals surface area contributed by atoms with E-state index in [-0.39, 0.29) is 0 Å². The molecule has 0 rings (SSSR count). The predicted molar refractivity (Wildman–Crippen MR) is 65.4 cm³/mol. The summed E-state index contributed by atoms with van der Waals surface area (Å²) in [7, 11) is -1.89. The maximum atomic E-state index is 5.74. The molecule has 0 aliphatic rings. The normalized spacial score (nSPS) is 12.0. The van der Waals surface area contributed by atoms with Crippen molar-refractivity contribution in [3.63, 3.8) is 0 Å². The second kappa shape index (κ2) is 9.33. The SMILES string of the molecule is CCCOCCC[Si](C)(OCC)OCC. The minimum Gasteiger partial charge on any atom is -0.395 e. The van der Waals surface area contributed by atoms with Crippen molar-refractivity contribution in [3.8, 4) is 0 Å². The Bertz CT molecular complexity index is 136. The summed E-state index contributed by atoms with van der Waals surface area (Å²) in [6.45, 7) is 11.5. The summed E-state index contributed by atoms with van der Waals surface area (Å²) < 4.78 is 16.9. The molecular formula is C11H26O3Si. The van der Waals surface area contributed by atoms with Gasteiger partial charge in [0.1, 0.15) is 0 Å². The van der Waals surface area contributed by atoms with E-state index in [1.165, 1.54) is 0 Å². The summed E-state index contributed by atoms with van der Waals surface area (Å²) in [6, 6.07) is 1.03. The van der Waals surface area contributed by atoms with E-state index >= 15 is 0 Å². The van der Waals surface area contributed by atoms with Crippen LogP contribution in [0.5, 0.6) is 0 Å². The highest BCUT2D eigenvalue weighted by Crippen LogP contribution is 2.15. The fourth-order valence-corrected chi connectivity index (χ4v) is 3.92. The van der Waals surface area contributed by atoms with Gasteiger partial charge in [-0.1, -0.05) is 6.92 Å². The first-order valence-electron chi connectivity index (χ1n) is 6.04. The lowest BCUT2D eigenvalue weighted by Gasteiger charge is -2.25. The van der Waals surface area contributed by atoms with Crippen LogP contribution in [0.4, 0.5) is 0 Å². The molecule has 0 aromatic heterocycles. The zero-order chi connectivity index (χ0) is 11.6. The molecule has 0 fully saturated rings. The van der Waals surface area contributed by atoms with Gasteiger partial charge in [0.05, 0.1) is 0 Å². The Labute approximate surface area is 95.4 Å². The number of hydrogen-bond acceptors (Lipinski definition) is 3. The molecule has 0 aliphatic carbocycles. The highest BCUT2D eigenvalue weighted by atomic mass is 28.4. The number of hydrogen-bond donors (Lipinski definition) is 0. The molecule has 0 spiro atoms. The first kappa shape index (κ1) is 15.1. The molecule has 0 atom stereocenters. The Morgan fingerprint density at radius 3 is 2.00 bits per heavy atom. The van der Waals surface area contributed by atoms with Crippen molar-refractivity contribution in [1.29, 1.82) is 0 Å². The van der Waals surface area contributed by atoms with Gasteiger partial charge in [0.2, 0.25) is 0 Å². The van der Waals surface area contributed by atoms with Crippen LogP contribution in [0.15, 0.2) is 0 Å². The molecule has 0 amide bonds. The lowest BCUT2D eigenvalue weighted by atomic mass is 10.5. The third-order valence-electron chi connectivity index (χ3n) is 2.17. The largest absolute Gasteiger partial charge is 0.395 e. The summed E-state index contributed by atoms with van der Waals surface area (Å²) in [4.78, 5) is 0. The molecule has 0 saturated heterocycles. The third-order valence-corrected chi connectivity index (χ3v) is 5.23. The fraction of sp³-hybridized carbons (Fsp3) is 1.00. The maximum absolute atomic E-state index is 5.74. The lowest BCUT2D eigenvalue weighted by molar-refractivity contribution is 0.129. The van der Waals surface area contributed by atoms with Gasteiger partial charge in [-0.3, -0.25) is 0 Å². The summed E-state index contributed by atoms with van der Waals surface area (Å²) in [6.07, 6.45) is 2.13. The minimum atomic E-state index is -1.89. The number of ether oxygens (including phenoxy) is 1. The van der Waals surface area contributed by atoms with Crippen LogP contribution in [-0.2, 0) is 13.6 Å². The van der Waals surface area contributed by atoms with Gasteiger partial charge in [-0.2, -0.15) is 0 Å². The first-order valence-corrected chi connectivity index (χ1v) is 8.56. The van der Waals surface area contributed by atoms with Crippen LogP contribution >= 0.6 is 0 Å². The van der Waals surface area contributed by atoms with E-state index in [0.717, 1.165) is 45.3 Å². The Hall–Kier alpha value is 0.0969. The summed E-state index contributed by atoms with van der Waals surface area (Å²) in [5.41, 5.74) is 0. The summed E-state index contributed by atoms with van der Waals surface area (Å²) in [5, 5.41) is 0. The Kier molecular flexibility index (Phi) is 9.39. The van der Waals surface area contributed by atoms with Crippen molar-refractivity contribution in [2.45, 2.75) is 46.2 Å². The Morgan fingerprint density at radius 2 is 1.53 bits per heavy atom. The van der Waals surface area contributed by atoms with E-state index < -0.39 is 8.56 Å². The Balaban J connectivity index is 3.65. The van der Waals surface area contributed by atoms with Gasteiger partial charge in [-0.25, -0.2) is 0 Å². The van der Waals surface area contributed by atoms with Crippen LogP contribution in [0.2, 0.25) is 12.6 Å². The van der Waals surface area contributed by atoms with Gasteiger partial charge in [0.15, 0.2) is 0 Å². The standard InChI is InChI=1S/C11H26O3Si/c1-5-9-12-10-8-11-15(4,13-6-2)14-7-3/h5-11H2,1-4H3. The highest BCUT2D eigenvalue weighted by molar-refractivity contribution is 6.66. The average molecular weight is 234 g/mol. The lowest BCUT2D eigenvalue weighted by Crippen LogP contribution is -2.38. The molecule has 0 heterocycles. The molecule has 0 aliphatic heterocycles. The van der Waals surface area contributed by atoms with Crippen LogP contribution in [0, 0.1) is 0 Å². The van der Waals surface area contributed by atoms with E-state index in [0.29, 0.717) is 0 Å². The fourth-order valence-electron chi connectivity index (χ4n) is 1.54. The quantitative estimate of drug-likeness (QED) is 0.430. The third kappa shape index (κ3) is 7.96. The smallest absolute Gasteiger partial charge is 0.334 e. The molecule has 0 radical (unpaired) electrons. The van der Waals surface area contributed by atoms with Crippen molar-refractivity contribution in [3.05, 3.63) is 0 Å². The van der Waals surface area contributed by atoms with Crippen LogP contribution in [0.1, 0.15) is 33.6 Å². The van der Waals surface area contributed by atoms with Crippen LogP contribution in [0.25, 0.3) is 0 Å². The van der Waals surface area contributed by atoms with E-state index in [9.17, 15) is 0 Å². The van der Waals surface area contributed by atoms with Crippen molar-refractivity contribution >= 4 is 8.56 Å². The predicted octanol–water partition coefficient (Wildman–Crippen LogP) is 2.95. The molecule has 0 saturated carbocycles. The van der Waals surface area contributed by atoms with Gasteiger partial charge in [-0.15, -0.1) is 0 Å². The number of rotatable bonds is 10. The van der Waals surface area contributed by atoms with Crippen LogP contribution in [-0.4, -0.2) is 35.0 Å². The first-order chi connectivity index (χ1) is 7.18. The van der Waals surface area contributed by atoms with Crippen molar-refractivity contribution in [1.82, 2.24) is 0 Å². The molecule has 0 bridgehead atoms. The molecule has 0 unspecified atom stereocenters. The van der Waals surface area contributed by atoms with Crippen LogP contribution in [0.3, 0.4) is 0 Å². The molecule has 3 nitrogen and oxygen atoms in total. The van der Waals surface area contributed by atoms with Gasteiger partial charge < -0.3 is 13.6 Å². The van der Waals surface area contributed by atoms with Gasteiger partial charge in [0, 0.05) is 26.4 Å². The van der Waals surface area contributed by atoms with E-state index in [4.69, 9.17) is 13.6 Å². The zero-order valence-corrected chi connectivity index (χ0v) is 11.7. The monoisotopic (exact) mass is 234 g/mol. The zero-order valence-electron chi connectivity index (χ0n) is 10.7. The minimum absolute atomic E-state index is 0.749. The molecule has 0 N–H and O–H groups in total. The van der Waals surface area contributed by atoms with Crippen molar-refractivity contribution in [2.75, 3.05) is 26.4 Å². The second-order valence-electron chi connectivity index (χ2n) is 3.72. The molecule has 92 valence electrons. The van der Waals surface area contributed by atoms with Gasteiger partial charge in [0.25, 0.3) is 0 Å². The summed E-state index contributed by atoms with van der Waals surface area (Å²) >= 11 is 0. The topological polar surface area (TPSA) is 27.7 Å². The second-order valence-corrected chi connectivity index (χ2v) is 7.06. The van der Waals surface area contributed by atoms with Crippen molar-refractivity contribution in [2.24, 2.45) is 0 Å². The van der Waals surface area contributed by atoms with Crippen LogP contribution < -0.4 is 0 Å². The molecule has 0 aromatic carbocycles. The van der Waals surface area contributed by atoms with Gasteiger partial charge in [-0.05, 0) is 39.3 Å². The van der Waals surface area contributed by atoms with E-state index in [1.54, 1.807) is 0 Å². The molecule has 0 aromatic rings. The van der Waals surface area contributed by atoms with Gasteiger partial charge >= 0.3 is 8.56 Å². The summed E-state index contributed by atoms with van der Waals surface area (Å²) in [5.74, 6) is 0. The maximum Gasteiger partial charge on any atom is 0.334 e. The average Bonchev–Trinajstić information content (AvgIpc) is 2.18. The molecular weight excluding hydrogens is 208 g/mol. The highest BCUT2D eigenvalue weighted by Gasteiger charge is 2.29.